The van der Waals surface area contributed by atoms with Gasteiger partial charge >= 0.3 is 17.2 Å². The van der Waals surface area contributed by atoms with Crippen LogP contribution in [0, 0.1) is 13.8 Å². The largest absolute Gasteiger partial charge is 0.507 e. The lowest BCUT2D eigenvalue weighted by molar-refractivity contribution is -0.137. The molecule has 2 aromatic carbocycles. The fourth-order valence-corrected chi connectivity index (χ4v) is 3.53. The molecule has 0 saturated carbocycles. The van der Waals surface area contributed by atoms with Gasteiger partial charge in [-0.2, -0.15) is 0 Å². The van der Waals surface area contributed by atoms with E-state index in [2.05, 4.69) is 0 Å². The number of aryl methyl sites for hydroxylation is 2. The number of benzene rings is 2. The molecular weight excluding hydrogens is 392 g/mol. The summed E-state index contributed by atoms with van der Waals surface area (Å²) in [6.07, 6.45) is 0. The molecule has 8 nitrogen and oxygen atoms in total. The molecule has 0 aliphatic heterocycles. The fraction of sp³-hybridized carbons (Fsp3) is 0.136. The number of fused-ring (bicyclic) bond motifs is 2. The van der Waals surface area contributed by atoms with E-state index in [9.17, 15) is 29.7 Å². The van der Waals surface area contributed by atoms with Crippen molar-refractivity contribution >= 4 is 27.9 Å². The summed E-state index contributed by atoms with van der Waals surface area (Å²) in [5, 5.41) is 31.5. The Balaban J connectivity index is 2.10. The Labute approximate surface area is 168 Å². The topological polar surface area (TPSA) is 138 Å². The summed E-state index contributed by atoms with van der Waals surface area (Å²) in [5.74, 6) is -4.92. The number of rotatable bonds is 3. The summed E-state index contributed by atoms with van der Waals surface area (Å²) in [7, 11) is 0. The molecule has 0 saturated heterocycles. The van der Waals surface area contributed by atoms with E-state index in [4.69, 9.17) is 8.83 Å². The van der Waals surface area contributed by atoms with Crippen molar-refractivity contribution in [1.29, 1.82) is 0 Å². The van der Waals surface area contributed by atoms with Crippen molar-refractivity contribution < 1.29 is 28.9 Å². The lowest BCUT2D eigenvalue weighted by Gasteiger charge is -2.15. The zero-order chi connectivity index (χ0) is 21.7. The Morgan fingerprint density at radius 2 is 1.20 bits per heavy atom. The lowest BCUT2D eigenvalue weighted by atomic mass is 9.90. The van der Waals surface area contributed by atoms with Crippen LogP contribution in [0.3, 0.4) is 0 Å². The van der Waals surface area contributed by atoms with Gasteiger partial charge in [0.05, 0.1) is 21.9 Å². The molecule has 4 rings (SSSR count). The summed E-state index contributed by atoms with van der Waals surface area (Å²) < 4.78 is 10.3. The molecule has 0 aliphatic carbocycles. The molecule has 152 valence electrons. The van der Waals surface area contributed by atoms with Crippen molar-refractivity contribution in [3.05, 3.63) is 79.5 Å². The molecule has 0 fully saturated rings. The molecule has 0 bridgehead atoms. The highest BCUT2D eigenvalue weighted by molar-refractivity contribution is 5.92. The molecule has 0 amide bonds. The van der Waals surface area contributed by atoms with Gasteiger partial charge in [0.2, 0.25) is 0 Å². The molecule has 3 N–H and O–H groups in total. The van der Waals surface area contributed by atoms with Gasteiger partial charge in [-0.1, -0.05) is 23.3 Å². The summed E-state index contributed by atoms with van der Waals surface area (Å²) >= 11 is 0. The number of carbonyl (C=O) groups is 1. The van der Waals surface area contributed by atoms with Crippen LogP contribution in [0.2, 0.25) is 0 Å². The first-order chi connectivity index (χ1) is 14.2. The maximum atomic E-state index is 12.6. The second-order valence-corrected chi connectivity index (χ2v) is 7.07. The maximum absolute atomic E-state index is 12.6. The van der Waals surface area contributed by atoms with Crippen molar-refractivity contribution in [3.63, 3.8) is 0 Å². The third-order valence-electron chi connectivity index (χ3n) is 4.96. The Morgan fingerprint density at radius 1 is 0.800 bits per heavy atom. The Morgan fingerprint density at radius 3 is 1.57 bits per heavy atom. The first kappa shape index (κ1) is 19.3. The van der Waals surface area contributed by atoms with Crippen molar-refractivity contribution in [3.8, 4) is 11.5 Å². The third-order valence-corrected chi connectivity index (χ3v) is 4.96. The van der Waals surface area contributed by atoms with E-state index < -0.39 is 45.8 Å². The molecule has 2 aromatic heterocycles. The van der Waals surface area contributed by atoms with Crippen LogP contribution in [-0.4, -0.2) is 21.3 Å². The summed E-state index contributed by atoms with van der Waals surface area (Å²) in [4.78, 5) is 37.3. The number of hydrogen-bond donors (Lipinski definition) is 3. The van der Waals surface area contributed by atoms with Crippen LogP contribution in [0.25, 0.3) is 21.9 Å². The Hall–Kier alpha value is -4.07. The SMILES string of the molecule is Cc1ccc2oc(=O)c(C(C(=O)O)c3c(O)c4cc(C)ccc4oc3=O)c(O)c2c1. The first-order valence-corrected chi connectivity index (χ1v) is 8.94. The molecule has 30 heavy (non-hydrogen) atoms. The van der Waals surface area contributed by atoms with Crippen molar-refractivity contribution in [2.45, 2.75) is 19.8 Å². The van der Waals surface area contributed by atoms with Gasteiger partial charge in [-0.25, -0.2) is 9.59 Å². The van der Waals surface area contributed by atoms with Crippen LogP contribution in [0.1, 0.15) is 28.2 Å². The molecular formula is C22H16O8. The zero-order valence-corrected chi connectivity index (χ0v) is 15.9. The van der Waals surface area contributed by atoms with Gasteiger partial charge in [0.1, 0.15) is 28.6 Å². The van der Waals surface area contributed by atoms with E-state index in [-0.39, 0.29) is 21.9 Å². The van der Waals surface area contributed by atoms with Crippen molar-refractivity contribution in [2.24, 2.45) is 0 Å². The Bertz CT molecular complexity index is 1350. The van der Waals surface area contributed by atoms with E-state index in [1.807, 2.05) is 0 Å². The van der Waals surface area contributed by atoms with Crippen molar-refractivity contribution in [2.75, 3.05) is 0 Å². The molecule has 0 spiro atoms. The van der Waals surface area contributed by atoms with Gasteiger partial charge < -0.3 is 24.2 Å². The minimum absolute atomic E-state index is 0.0568. The number of hydrogen-bond acceptors (Lipinski definition) is 7. The highest BCUT2D eigenvalue weighted by atomic mass is 16.4. The normalized spacial score (nSPS) is 11.4. The van der Waals surface area contributed by atoms with Crippen LogP contribution >= 0.6 is 0 Å². The highest BCUT2D eigenvalue weighted by Gasteiger charge is 2.36. The van der Waals surface area contributed by atoms with Crippen LogP contribution in [-0.2, 0) is 4.79 Å². The van der Waals surface area contributed by atoms with E-state index in [0.717, 1.165) is 11.1 Å². The van der Waals surface area contributed by atoms with Gasteiger partial charge in [-0.05, 0) is 38.1 Å². The number of carboxylic acid groups (broad SMARTS) is 1. The predicted molar refractivity (Wildman–Crippen MR) is 107 cm³/mol. The van der Waals surface area contributed by atoms with E-state index in [1.165, 1.54) is 24.3 Å². The molecule has 0 atom stereocenters. The predicted octanol–water partition coefficient (Wildman–Crippen LogP) is 3.14. The van der Waals surface area contributed by atoms with Crippen LogP contribution in [0.4, 0.5) is 0 Å². The first-order valence-electron chi connectivity index (χ1n) is 8.94. The van der Waals surface area contributed by atoms with Gasteiger partial charge in [0.15, 0.2) is 0 Å². The molecule has 2 heterocycles. The summed E-state index contributed by atoms with van der Waals surface area (Å²) in [5.41, 5.74) is -2.05. The average molecular weight is 408 g/mol. The average Bonchev–Trinajstić information content (AvgIpc) is 2.68. The smallest absolute Gasteiger partial charge is 0.344 e. The molecule has 8 heteroatoms. The minimum atomic E-state index is -2.01. The van der Waals surface area contributed by atoms with Crippen LogP contribution in [0.15, 0.2) is 54.8 Å². The standard InChI is InChI=1S/C22H16O8/c1-9-3-5-13-11(7-9)18(23)16(21(27)29-13)15(20(25)26)17-19(24)12-8-10(2)4-6-14(12)30-22(17)28/h3-8,15,23-24H,1-2H3,(H,25,26). The fourth-order valence-electron chi connectivity index (χ4n) is 3.53. The minimum Gasteiger partial charge on any atom is -0.507 e. The number of carboxylic acids is 1. The van der Waals surface area contributed by atoms with Gasteiger partial charge in [-0.15, -0.1) is 0 Å². The van der Waals surface area contributed by atoms with Gasteiger partial charge in [0, 0.05) is 0 Å². The second kappa shape index (κ2) is 6.77. The quantitative estimate of drug-likeness (QED) is 0.440. The van der Waals surface area contributed by atoms with Gasteiger partial charge in [-0.3, -0.25) is 4.79 Å². The summed E-state index contributed by atoms with van der Waals surface area (Å²) in [6, 6.07) is 9.28. The lowest BCUT2D eigenvalue weighted by Crippen LogP contribution is -2.26. The Kier molecular flexibility index (Phi) is 4.34. The van der Waals surface area contributed by atoms with Crippen LogP contribution < -0.4 is 11.3 Å². The highest BCUT2D eigenvalue weighted by Crippen LogP contribution is 2.38. The molecule has 4 aromatic rings. The molecule has 0 aliphatic rings. The van der Waals surface area contributed by atoms with Gasteiger partial charge in [0.25, 0.3) is 0 Å². The second-order valence-electron chi connectivity index (χ2n) is 7.07. The number of aliphatic carboxylic acids is 1. The third kappa shape index (κ3) is 2.89. The maximum Gasteiger partial charge on any atom is 0.344 e. The van der Waals surface area contributed by atoms with E-state index in [0.29, 0.717) is 0 Å². The monoisotopic (exact) mass is 408 g/mol. The van der Waals surface area contributed by atoms with E-state index in [1.54, 1.807) is 26.0 Å². The van der Waals surface area contributed by atoms with Crippen LogP contribution in [0.5, 0.6) is 11.5 Å². The van der Waals surface area contributed by atoms with E-state index >= 15 is 0 Å². The van der Waals surface area contributed by atoms with Crippen molar-refractivity contribution in [1.82, 2.24) is 0 Å². The summed E-state index contributed by atoms with van der Waals surface area (Å²) in [6.45, 7) is 3.48. The molecule has 0 radical (unpaired) electrons. The zero-order valence-electron chi connectivity index (χ0n) is 15.9. The number of aromatic hydroxyl groups is 2. The molecule has 0 unspecified atom stereocenters.